The lowest BCUT2D eigenvalue weighted by atomic mass is 10.1. The maximum Gasteiger partial charge on any atom is 0.254 e. The zero-order valence-electron chi connectivity index (χ0n) is 16.5. The third-order valence-electron chi connectivity index (χ3n) is 4.69. The molecule has 0 unspecified atom stereocenters. The number of pyridine rings is 1. The van der Waals surface area contributed by atoms with Gasteiger partial charge in [0.2, 0.25) is 0 Å². The lowest BCUT2D eigenvalue weighted by Gasteiger charge is -2.27. The Bertz CT molecular complexity index is 1060. The van der Waals surface area contributed by atoms with Crippen molar-refractivity contribution >= 4 is 16.8 Å². The van der Waals surface area contributed by atoms with Gasteiger partial charge in [-0.2, -0.15) is 0 Å². The molecule has 1 N–H and O–H groups in total. The van der Waals surface area contributed by atoms with Crippen LogP contribution in [0.5, 0.6) is 11.5 Å². The van der Waals surface area contributed by atoms with Crippen molar-refractivity contribution in [3.63, 3.8) is 0 Å². The molecule has 146 valence electrons. The molecule has 0 aliphatic heterocycles. The number of hydrogen-bond donors (Lipinski definition) is 1. The standard InChI is InChI=1S/C22H24N2O4/c1-14(2)24(22(26)16-9-10-19(27-3)20(12-16)28-4)13-17-11-15-7-5-6-8-18(15)23-21(17)25/h5-12,14H,13H2,1-4H3,(H,23,25). The summed E-state index contributed by atoms with van der Waals surface area (Å²) in [4.78, 5) is 30.2. The van der Waals surface area contributed by atoms with Gasteiger partial charge in [-0.15, -0.1) is 0 Å². The minimum absolute atomic E-state index is 0.0912. The Morgan fingerprint density at radius 3 is 2.43 bits per heavy atom. The number of nitrogens with zero attached hydrogens (tertiary/aromatic N) is 1. The molecule has 1 amide bonds. The van der Waals surface area contributed by atoms with Crippen LogP contribution in [0.4, 0.5) is 0 Å². The molecular weight excluding hydrogens is 356 g/mol. The number of aromatic amines is 1. The van der Waals surface area contributed by atoms with Crippen LogP contribution in [0, 0.1) is 0 Å². The fraction of sp³-hybridized carbons (Fsp3) is 0.273. The number of H-pyrrole nitrogens is 1. The molecule has 1 heterocycles. The van der Waals surface area contributed by atoms with Gasteiger partial charge in [0.1, 0.15) is 0 Å². The van der Waals surface area contributed by atoms with Crippen LogP contribution in [0.15, 0.2) is 53.3 Å². The summed E-state index contributed by atoms with van der Waals surface area (Å²) >= 11 is 0. The summed E-state index contributed by atoms with van der Waals surface area (Å²) < 4.78 is 10.5. The summed E-state index contributed by atoms with van der Waals surface area (Å²) in [5, 5.41) is 0.930. The van der Waals surface area contributed by atoms with Gasteiger partial charge in [0, 0.05) is 22.7 Å². The first-order valence-corrected chi connectivity index (χ1v) is 9.08. The first kappa shape index (κ1) is 19.5. The molecule has 0 saturated carbocycles. The number of carbonyl (C=O) groups excluding carboxylic acids is 1. The van der Waals surface area contributed by atoms with E-state index in [0.717, 1.165) is 10.9 Å². The SMILES string of the molecule is COc1ccc(C(=O)N(Cc2cc3ccccc3[nH]c2=O)C(C)C)cc1OC. The molecule has 3 aromatic rings. The van der Waals surface area contributed by atoms with Gasteiger partial charge in [-0.3, -0.25) is 9.59 Å². The Morgan fingerprint density at radius 2 is 1.75 bits per heavy atom. The molecule has 6 heteroatoms. The van der Waals surface area contributed by atoms with Crippen LogP contribution in [0.25, 0.3) is 10.9 Å². The average Bonchev–Trinajstić information content (AvgIpc) is 2.70. The number of hydrogen-bond acceptors (Lipinski definition) is 4. The number of fused-ring (bicyclic) bond motifs is 1. The van der Waals surface area contributed by atoms with Gasteiger partial charge in [-0.25, -0.2) is 0 Å². The maximum atomic E-state index is 13.2. The van der Waals surface area contributed by atoms with Crippen molar-refractivity contribution in [3.05, 3.63) is 70.0 Å². The van der Waals surface area contributed by atoms with Gasteiger partial charge < -0.3 is 19.4 Å². The maximum absolute atomic E-state index is 13.2. The lowest BCUT2D eigenvalue weighted by Crippen LogP contribution is -2.38. The van der Waals surface area contributed by atoms with Crippen molar-refractivity contribution in [3.8, 4) is 11.5 Å². The van der Waals surface area contributed by atoms with E-state index in [4.69, 9.17) is 9.47 Å². The summed E-state index contributed by atoms with van der Waals surface area (Å²) in [7, 11) is 3.08. The van der Waals surface area contributed by atoms with E-state index >= 15 is 0 Å². The molecule has 3 rings (SSSR count). The van der Waals surface area contributed by atoms with Crippen LogP contribution < -0.4 is 15.0 Å². The fourth-order valence-electron chi connectivity index (χ4n) is 3.12. The van der Waals surface area contributed by atoms with Crippen LogP contribution in [0.3, 0.4) is 0 Å². The number of aromatic nitrogens is 1. The average molecular weight is 380 g/mol. The van der Waals surface area contributed by atoms with Crippen molar-refractivity contribution in [1.29, 1.82) is 0 Å². The molecule has 0 spiro atoms. The van der Waals surface area contributed by atoms with E-state index in [-0.39, 0.29) is 24.1 Å². The van der Waals surface area contributed by atoms with Crippen molar-refractivity contribution in [1.82, 2.24) is 9.88 Å². The highest BCUT2D eigenvalue weighted by Crippen LogP contribution is 2.28. The number of nitrogens with one attached hydrogen (secondary N) is 1. The first-order chi connectivity index (χ1) is 13.4. The van der Waals surface area contributed by atoms with Gasteiger partial charge in [0.15, 0.2) is 11.5 Å². The largest absolute Gasteiger partial charge is 0.493 e. The molecule has 0 bridgehead atoms. The van der Waals surface area contributed by atoms with E-state index in [1.54, 1.807) is 30.2 Å². The van der Waals surface area contributed by atoms with E-state index in [9.17, 15) is 9.59 Å². The molecule has 2 aromatic carbocycles. The lowest BCUT2D eigenvalue weighted by molar-refractivity contribution is 0.0689. The van der Waals surface area contributed by atoms with Gasteiger partial charge in [-0.05, 0) is 49.6 Å². The molecule has 0 saturated heterocycles. The number of ether oxygens (including phenoxy) is 2. The van der Waals surface area contributed by atoms with Crippen molar-refractivity contribution in [2.24, 2.45) is 0 Å². The third-order valence-corrected chi connectivity index (χ3v) is 4.69. The monoisotopic (exact) mass is 380 g/mol. The van der Waals surface area contributed by atoms with Gasteiger partial charge in [0.25, 0.3) is 11.5 Å². The Morgan fingerprint density at radius 1 is 1.04 bits per heavy atom. The van der Waals surface area contributed by atoms with Crippen LogP contribution >= 0.6 is 0 Å². The van der Waals surface area contributed by atoms with Gasteiger partial charge in [0.05, 0.1) is 20.8 Å². The zero-order chi connectivity index (χ0) is 20.3. The molecule has 0 atom stereocenters. The minimum Gasteiger partial charge on any atom is -0.493 e. The van der Waals surface area contributed by atoms with E-state index in [2.05, 4.69) is 4.98 Å². The van der Waals surface area contributed by atoms with Crippen molar-refractivity contribution in [2.45, 2.75) is 26.4 Å². The zero-order valence-corrected chi connectivity index (χ0v) is 16.5. The molecule has 1 aromatic heterocycles. The number of rotatable bonds is 6. The number of methoxy groups -OCH3 is 2. The van der Waals surface area contributed by atoms with Crippen LogP contribution in [-0.2, 0) is 6.54 Å². The second-order valence-corrected chi connectivity index (χ2v) is 6.81. The number of para-hydroxylation sites is 1. The second-order valence-electron chi connectivity index (χ2n) is 6.81. The quantitative estimate of drug-likeness (QED) is 0.709. The van der Waals surface area contributed by atoms with E-state index in [0.29, 0.717) is 22.6 Å². The minimum atomic E-state index is -0.190. The predicted molar refractivity (Wildman–Crippen MR) is 109 cm³/mol. The normalized spacial score (nSPS) is 10.9. The fourth-order valence-corrected chi connectivity index (χ4v) is 3.12. The topological polar surface area (TPSA) is 71.6 Å². The van der Waals surface area contributed by atoms with Crippen molar-refractivity contribution in [2.75, 3.05) is 14.2 Å². The molecule has 0 aliphatic rings. The number of benzene rings is 2. The summed E-state index contributed by atoms with van der Waals surface area (Å²) in [5.74, 6) is 0.866. The Labute approximate surface area is 163 Å². The third kappa shape index (κ3) is 3.86. The molecule has 28 heavy (non-hydrogen) atoms. The second kappa shape index (κ2) is 8.17. The highest BCUT2D eigenvalue weighted by molar-refractivity contribution is 5.95. The van der Waals surface area contributed by atoms with Crippen LogP contribution in [0.1, 0.15) is 29.8 Å². The summed E-state index contributed by atoms with van der Waals surface area (Å²) in [6.45, 7) is 4.06. The smallest absolute Gasteiger partial charge is 0.254 e. The molecule has 0 radical (unpaired) electrons. The Hall–Kier alpha value is -3.28. The van der Waals surface area contributed by atoms with Gasteiger partial charge >= 0.3 is 0 Å². The number of carbonyl (C=O) groups is 1. The van der Waals surface area contributed by atoms with E-state index in [1.807, 2.05) is 44.2 Å². The van der Waals surface area contributed by atoms with Gasteiger partial charge in [-0.1, -0.05) is 18.2 Å². The molecule has 0 fully saturated rings. The van der Waals surface area contributed by atoms with E-state index < -0.39 is 0 Å². The summed E-state index contributed by atoms with van der Waals surface area (Å²) in [6.07, 6.45) is 0. The Balaban J connectivity index is 1.95. The summed E-state index contributed by atoms with van der Waals surface area (Å²) in [5.41, 5.74) is 1.60. The van der Waals surface area contributed by atoms with E-state index in [1.165, 1.54) is 7.11 Å². The van der Waals surface area contributed by atoms with Crippen molar-refractivity contribution < 1.29 is 14.3 Å². The number of amides is 1. The highest BCUT2D eigenvalue weighted by atomic mass is 16.5. The highest BCUT2D eigenvalue weighted by Gasteiger charge is 2.22. The Kier molecular flexibility index (Phi) is 5.68. The van der Waals surface area contributed by atoms with Crippen LogP contribution in [-0.4, -0.2) is 36.1 Å². The molecule has 0 aliphatic carbocycles. The predicted octanol–water partition coefficient (Wildman–Crippen LogP) is 3.60. The van der Waals surface area contributed by atoms with Crippen LogP contribution in [0.2, 0.25) is 0 Å². The molecule has 6 nitrogen and oxygen atoms in total. The first-order valence-electron chi connectivity index (χ1n) is 9.08. The summed E-state index contributed by atoms with van der Waals surface area (Å²) in [6, 6.07) is 14.4. The molecular formula is C22H24N2O4.